The molecule has 0 radical (unpaired) electrons. The van der Waals surface area contributed by atoms with Crippen LogP contribution in [0.5, 0.6) is 0 Å². The van der Waals surface area contributed by atoms with Crippen LogP contribution in [-0.4, -0.2) is 0 Å². The van der Waals surface area contributed by atoms with Crippen LogP contribution in [0.15, 0.2) is 11.6 Å². The zero-order valence-electron chi connectivity index (χ0n) is 14.7. The van der Waals surface area contributed by atoms with Crippen molar-refractivity contribution in [3.05, 3.63) is 11.6 Å². The Kier molecular flexibility index (Phi) is 16.6. The van der Waals surface area contributed by atoms with Crippen LogP contribution in [-0.2, 0) is 0 Å². The van der Waals surface area contributed by atoms with E-state index in [0.29, 0.717) is 0 Å². The molecule has 0 aliphatic heterocycles. The molecule has 0 N–H and O–H groups in total. The van der Waals surface area contributed by atoms with Gasteiger partial charge in [0, 0.05) is 0 Å². The molecule has 0 heteroatoms. The van der Waals surface area contributed by atoms with E-state index in [0.717, 1.165) is 0 Å². The van der Waals surface area contributed by atoms with E-state index in [1.807, 2.05) is 0 Å². The van der Waals surface area contributed by atoms with Crippen molar-refractivity contribution in [1.29, 1.82) is 0 Å². The van der Waals surface area contributed by atoms with Crippen molar-refractivity contribution in [3.63, 3.8) is 0 Å². The van der Waals surface area contributed by atoms with E-state index in [2.05, 4.69) is 26.8 Å². The van der Waals surface area contributed by atoms with Gasteiger partial charge in [-0.05, 0) is 26.7 Å². The Bertz CT molecular complexity index is 198. The predicted molar refractivity (Wildman–Crippen MR) is 94.4 cm³/mol. The van der Waals surface area contributed by atoms with Crippen molar-refractivity contribution in [2.45, 2.75) is 117 Å². The van der Waals surface area contributed by atoms with Gasteiger partial charge in [-0.15, -0.1) is 0 Å². The Morgan fingerprint density at radius 2 is 0.900 bits per heavy atom. The first-order chi connectivity index (χ1) is 9.77. The predicted octanol–water partition coefficient (Wildman–Crippen LogP) is 7.82. The standard InChI is InChI=1S/C20H40/c1-4-5-6-7-8-9-10-11-12-13-14-15-16-17-18-19-20(2)3/h19H,4-18H2,1-3H3. The van der Waals surface area contributed by atoms with Crippen molar-refractivity contribution >= 4 is 0 Å². The summed E-state index contributed by atoms with van der Waals surface area (Å²) in [5, 5.41) is 0. The molecule has 0 aromatic rings. The number of hydrogen-bond acceptors (Lipinski definition) is 0. The van der Waals surface area contributed by atoms with Gasteiger partial charge >= 0.3 is 0 Å². The van der Waals surface area contributed by atoms with Crippen LogP contribution < -0.4 is 0 Å². The number of unbranched alkanes of at least 4 members (excludes halogenated alkanes) is 14. The summed E-state index contributed by atoms with van der Waals surface area (Å²) in [5.41, 5.74) is 1.47. The van der Waals surface area contributed by atoms with Gasteiger partial charge in [0.1, 0.15) is 0 Å². The van der Waals surface area contributed by atoms with Gasteiger partial charge in [-0.2, -0.15) is 0 Å². The Hall–Kier alpha value is -0.260. The summed E-state index contributed by atoms with van der Waals surface area (Å²) in [5.74, 6) is 0. The maximum absolute atomic E-state index is 2.38. The summed E-state index contributed by atoms with van der Waals surface area (Å²) in [7, 11) is 0. The Balaban J connectivity index is 2.97. The lowest BCUT2D eigenvalue weighted by Gasteiger charge is -2.03. The highest BCUT2D eigenvalue weighted by Gasteiger charge is 1.93. The molecule has 0 amide bonds. The molecule has 0 heterocycles. The molecule has 0 fully saturated rings. The molecule has 0 aromatic carbocycles. The van der Waals surface area contributed by atoms with E-state index < -0.39 is 0 Å². The fraction of sp³-hybridized carbons (Fsp3) is 0.900. The molecule has 0 saturated carbocycles. The minimum atomic E-state index is 1.29. The molecule has 0 saturated heterocycles. The Labute approximate surface area is 129 Å². The summed E-state index contributed by atoms with van der Waals surface area (Å²) in [6.45, 7) is 6.69. The molecule has 120 valence electrons. The average molecular weight is 281 g/mol. The molecule has 20 heavy (non-hydrogen) atoms. The molecule has 0 unspecified atom stereocenters. The van der Waals surface area contributed by atoms with Gasteiger partial charge in [0.2, 0.25) is 0 Å². The molecule has 0 rings (SSSR count). The minimum Gasteiger partial charge on any atom is -0.0859 e. The van der Waals surface area contributed by atoms with Crippen molar-refractivity contribution in [1.82, 2.24) is 0 Å². The van der Waals surface area contributed by atoms with Crippen LogP contribution in [0.4, 0.5) is 0 Å². The molecular weight excluding hydrogens is 240 g/mol. The van der Waals surface area contributed by atoms with Crippen LogP contribution in [0.1, 0.15) is 117 Å². The van der Waals surface area contributed by atoms with Gasteiger partial charge in [0.05, 0.1) is 0 Å². The Morgan fingerprint density at radius 1 is 0.550 bits per heavy atom. The second kappa shape index (κ2) is 16.8. The van der Waals surface area contributed by atoms with E-state index in [4.69, 9.17) is 0 Å². The van der Waals surface area contributed by atoms with Gasteiger partial charge in [-0.25, -0.2) is 0 Å². The largest absolute Gasteiger partial charge is 0.0859 e. The van der Waals surface area contributed by atoms with Crippen molar-refractivity contribution in [3.8, 4) is 0 Å². The third-order valence-corrected chi connectivity index (χ3v) is 4.11. The van der Waals surface area contributed by atoms with Gasteiger partial charge in [-0.1, -0.05) is 102 Å². The van der Waals surface area contributed by atoms with Crippen LogP contribution in [0.2, 0.25) is 0 Å². The molecule has 0 nitrogen and oxygen atoms in total. The summed E-state index contributed by atoms with van der Waals surface area (Å²) in [4.78, 5) is 0. The third kappa shape index (κ3) is 17.7. The molecule has 0 aliphatic rings. The Morgan fingerprint density at radius 3 is 1.25 bits per heavy atom. The van der Waals surface area contributed by atoms with Crippen molar-refractivity contribution < 1.29 is 0 Å². The fourth-order valence-corrected chi connectivity index (χ4v) is 2.73. The monoisotopic (exact) mass is 280 g/mol. The first kappa shape index (κ1) is 19.7. The third-order valence-electron chi connectivity index (χ3n) is 4.11. The number of rotatable bonds is 15. The number of hydrogen-bond donors (Lipinski definition) is 0. The summed E-state index contributed by atoms with van der Waals surface area (Å²) >= 11 is 0. The second-order valence-corrected chi connectivity index (χ2v) is 6.67. The zero-order valence-corrected chi connectivity index (χ0v) is 14.7. The van der Waals surface area contributed by atoms with E-state index in [1.54, 1.807) is 0 Å². The topological polar surface area (TPSA) is 0 Å². The maximum Gasteiger partial charge on any atom is -0.0348 e. The summed E-state index contributed by atoms with van der Waals surface area (Å²) < 4.78 is 0. The normalized spacial score (nSPS) is 10.8. The van der Waals surface area contributed by atoms with E-state index >= 15 is 0 Å². The van der Waals surface area contributed by atoms with Crippen molar-refractivity contribution in [2.24, 2.45) is 0 Å². The van der Waals surface area contributed by atoms with Crippen LogP contribution >= 0.6 is 0 Å². The van der Waals surface area contributed by atoms with Gasteiger partial charge in [-0.3, -0.25) is 0 Å². The van der Waals surface area contributed by atoms with E-state index in [9.17, 15) is 0 Å². The highest BCUT2D eigenvalue weighted by molar-refractivity contribution is 4.92. The smallest absolute Gasteiger partial charge is 0.0348 e. The second-order valence-electron chi connectivity index (χ2n) is 6.67. The van der Waals surface area contributed by atoms with Gasteiger partial charge in [0.25, 0.3) is 0 Å². The highest BCUT2D eigenvalue weighted by atomic mass is 14.0. The van der Waals surface area contributed by atoms with E-state index in [-0.39, 0.29) is 0 Å². The first-order valence-electron chi connectivity index (χ1n) is 9.40. The lowest BCUT2D eigenvalue weighted by molar-refractivity contribution is 0.536. The lowest BCUT2D eigenvalue weighted by atomic mass is 10.0. The molecular formula is C20H40. The summed E-state index contributed by atoms with van der Waals surface area (Å²) in [6.07, 6.45) is 24.0. The van der Waals surface area contributed by atoms with Crippen molar-refractivity contribution in [2.75, 3.05) is 0 Å². The van der Waals surface area contributed by atoms with Crippen LogP contribution in [0.3, 0.4) is 0 Å². The molecule has 0 aliphatic carbocycles. The molecule has 0 atom stereocenters. The zero-order chi connectivity index (χ0) is 14.9. The minimum absolute atomic E-state index is 1.29. The molecule has 0 bridgehead atoms. The quantitative estimate of drug-likeness (QED) is 0.212. The molecule has 0 aromatic heterocycles. The highest BCUT2D eigenvalue weighted by Crippen LogP contribution is 2.13. The summed E-state index contributed by atoms with van der Waals surface area (Å²) in [6, 6.07) is 0. The van der Waals surface area contributed by atoms with Crippen LogP contribution in [0.25, 0.3) is 0 Å². The average Bonchev–Trinajstić information content (AvgIpc) is 2.43. The van der Waals surface area contributed by atoms with Gasteiger partial charge < -0.3 is 0 Å². The lowest BCUT2D eigenvalue weighted by Crippen LogP contribution is -1.83. The van der Waals surface area contributed by atoms with E-state index in [1.165, 1.54) is 102 Å². The van der Waals surface area contributed by atoms with Crippen LogP contribution in [0, 0.1) is 0 Å². The SMILES string of the molecule is CCCCCCCCCCCCCCCCC=C(C)C. The fourth-order valence-electron chi connectivity index (χ4n) is 2.73. The molecule has 0 spiro atoms. The maximum atomic E-state index is 2.38. The first-order valence-corrected chi connectivity index (χ1v) is 9.40. The van der Waals surface area contributed by atoms with Gasteiger partial charge in [0.15, 0.2) is 0 Å². The number of allylic oxidation sites excluding steroid dienone is 2.